The van der Waals surface area contributed by atoms with Crippen LogP contribution < -0.4 is 0 Å². The van der Waals surface area contributed by atoms with Gasteiger partial charge in [0.15, 0.2) is 0 Å². The molecule has 0 amide bonds. The molecule has 0 aliphatic heterocycles. The molecule has 1 atom stereocenters. The predicted octanol–water partition coefficient (Wildman–Crippen LogP) is 1.01. The molecule has 0 aromatic heterocycles. The lowest BCUT2D eigenvalue weighted by Crippen LogP contribution is -2.12. The third-order valence-corrected chi connectivity index (χ3v) is 3.82. The summed E-state index contributed by atoms with van der Waals surface area (Å²) >= 11 is 1.10. The first kappa shape index (κ1) is 10.7. The van der Waals surface area contributed by atoms with Gasteiger partial charge in [0.25, 0.3) is 0 Å². The Hall–Kier alpha value is 0.725. The summed E-state index contributed by atoms with van der Waals surface area (Å²) in [7, 11) is -1.14. The minimum absolute atomic E-state index is 0.180. The van der Waals surface area contributed by atoms with E-state index >= 15 is 0 Å². The van der Waals surface area contributed by atoms with Gasteiger partial charge in [0, 0.05) is 11.7 Å². The fourth-order valence-corrected chi connectivity index (χ4v) is 1.73. The number of hydrogen-bond acceptors (Lipinski definition) is 4. The lowest BCUT2D eigenvalue weighted by atomic mass is 10.3. The first-order chi connectivity index (χ1) is 4.42. The molecule has 0 radical (unpaired) electrons. The molecule has 0 aromatic carbocycles. The summed E-state index contributed by atoms with van der Waals surface area (Å²) in [6, 6.07) is 0. The van der Waals surface area contributed by atoms with Gasteiger partial charge in [-0.15, -0.1) is 0 Å². The van der Waals surface area contributed by atoms with E-state index in [1.165, 1.54) is 0 Å². The maximum atomic E-state index is 8.27. The van der Waals surface area contributed by atoms with Crippen LogP contribution in [0.5, 0.6) is 0 Å². The summed E-state index contributed by atoms with van der Waals surface area (Å²) in [6.45, 7) is 6.18. The highest BCUT2D eigenvalue weighted by Crippen LogP contribution is 2.42. The summed E-state index contributed by atoms with van der Waals surface area (Å²) in [5.41, 5.74) is 0. The predicted molar refractivity (Wildman–Crippen MR) is 46.9 cm³/mol. The van der Waals surface area contributed by atoms with Gasteiger partial charge in [-0.3, -0.25) is 0 Å². The molecule has 60 valence electrons. The minimum atomic E-state index is -1.65. The fraction of sp³-hybridized carbons (Fsp3) is 1.00. The zero-order valence-electron chi connectivity index (χ0n) is 6.29. The van der Waals surface area contributed by atoms with Gasteiger partial charge < -0.3 is 14.1 Å². The molecule has 0 saturated carbocycles. The van der Waals surface area contributed by atoms with Crippen LogP contribution in [0.4, 0.5) is 0 Å². The average molecular weight is 182 g/mol. The van der Waals surface area contributed by atoms with E-state index in [1.807, 2.05) is 0 Å². The molecule has 2 N–H and O–H groups in total. The van der Waals surface area contributed by atoms with Crippen LogP contribution in [0, 0.1) is 0 Å². The Labute approximate surface area is 67.5 Å². The zero-order chi connectivity index (χ0) is 8.20. The van der Waals surface area contributed by atoms with Crippen molar-refractivity contribution in [2.24, 2.45) is 0 Å². The highest BCUT2D eigenvalue weighted by molar-refractivity contribution is 8.47. The summed E-state index contributed by atoms with van der Waals surface area (Å²) in [4.78, 5) is 0. The van der Waals surface area contributed by atoms with Gasteiger partial charge in [0.05, 0.1) is 0 Å². The fourth-order valence-electron chi connectivity index (χ4n) is 0.192. The Bertz CT molecular complexity index is 95.0. The summed E-state index contributed by atoms with van der Waals surface area (Å²) in [6.07, 6.45) is 0. The Balaban J connectivity index is 3.21. The normalized spacial score (nSPS) is 12.9. The molecular formula is C4H12BO3PS. The monoisotopic (exact) mass is 182 g/mol. The van der Waals surface area contributed by atoms with Crippen molar-refractivity contribution in [3.63, 3.8) is 0 Å². The maximum absolute atomic E-state index is 8.27. The molecule has 6 heteroatoms. The summed E-state index contributed by atoms with van der Waals surface area (Å²) in [5, 5.41) is 16.7. The summed E-state index contributed by atoms with van der Waals surface area (Å²) in [5.74, 6) is 0. The van der Waals surface area contributed by atoms with Gasteiger partial charge in [-0.2, -0.15) is 0 Å². The molecule has 10 heavy (non-hydrogen) atoms. The van der Waals surface area contributed by atoms with E-state index in [4.69, 9.17) is 10.0 Å². The van der Waals surface area contributed by atoms with Crippen LogP contribution in [-0.4, -0.2) is 22.5 Å². The smallest absolute Gasteiger partial charge is 0.401 e. The zero-order valence-corrected chi connectivity index (χ0v) is 8.10. The van der Waals surface area contributed by atoms with Crippen molar-refractivity contribution in [2.45, 2.75) is 25.9 Å². The average Bonchev–Trinajstić information content (AvgIpc) is 1.59. The van der Waals surface area contributed by atoms with Crippen molar-refractivity contribution in [3.8, 4) is 0 Å². The molecule has 0 rings (SSSR count). The van der Waals surface area contributed by atoms with Gasteiger partial charge >= 0.3 is 7.32 Å². The molecule has 1 unspecified atom stereocenters. The van der Waals surface area contributed by atoms with Gasteiger partial charge in [-0.05, 0) is 12.9 Å². The summed E-state index contributed by atoms with van der Waals surface area (Å²) < 4.78 is 4.46. The molecule has 0 heterocycles. The molecule has 0 aliphatic rings. The van der Waals surface area contributed by atoms with Crippen LogP contribution in [0.2, 0.25) is 0 Å². The Morgan fingerprint density at radius 2 is 1.90 bits per heavy atom. The topological polar surface area (TPSA) is 49.7 Å². The van der Waals surface area contributed by atoms with Crippen LogP contribution in [0.25, 0.3) is 0 Å². The van der Waals surface area contributed by atoms with E-state index in [0.717, 1.165) is 11.7 Å². The first-order valence-electron chi connectivity index (χ1n) is 2.87. The van der Waals surface area contributed by atoms with E-state index in [-0.39, 0.29) is 5.16 Å². The Morgan fingerprint density at radius 3 is 2.20 bits per heavy atom. The van der Waals surface area contributed by atoms with Crippen LogP contribution in [0.3, 0.4) is 0 Å². The van der Waals surface area contributed by atoms with E-state index in [2.05, 4.69) is 24.9 Å². The van der Waals surface area contributed by atoms with E-state index in [9.17, 15) is 0 Å². The first-order valence-corrected chi connectivity index (χ1v) is 5.34. The van der Waals surface area contributed by atoms with E-state index < -0.39 is 7.32 Å². The van der Waals surface area contributed by atoms with Crippen molar-refractivity contribution in [2.75, 3.05) is 0 Å². The van der Waals surface area contributed by atoms with Crippen LogP contribution in [-0.2, 0) is 4.10 Å². The van der Waals surface area contributed by atoms with Crippen LogP contribution in [0.1, 0.15) is 20.8 Å². The van der Waals surface area contributed by atoms with Gasteiger partial charge in [-0.1, -0.05) is 20.8 Å². The van der Waals surface area contributed by atoms with Gasteiger partial charge in [0.2, 0.25) is 0 Å². The third-order valence-electron chi connectivity index (χ3n) is 0.482. The molecule has 0 spiro atoms. The Kier molecular flexibility index (Phi) is 4.90. The minimum Gasteiger partial charge on any atom is -0.401 e. The molecular weight excluding hydrogens is 170 g/mol. The standard InChI is InChI=1S/C4H12BO3PS/c1-4(2,3)9-10-8-5(6)7/h6-7,9H,1-3H3. The highest BCUT2D eigenvalue weighted by Gasteiger charge is 2.14. The quantitative estimate of drug-likeness (QED) is 0.388. The second kappa shape index (κ2) is 4.57. The largest absolute Gasteiger partial charge is 0.645 e. The molecule has 3 nitrogen and oxygen atoms in total. The number of rotatable bonds is 3. The van der Waals surface area contributed by atoms with Gasteiger partial charge in [-0.25, -0.2) is 0 Å². The van der Waals surface area contributed by atoms with Crippen molar-refractivity contribution in [1.29, 1.82) is 0 Å². The highest BCUT2D eigenvalue weighted by atomic mass is 32.7. The lowest BCUT2D eigenvalue weighted by Gasteiger charge is -2.15. The number of hydrogen-bond donors (Lipinski definition) is 2. The van der Waals surface area contributed by atoms with Crippen molar-refractivity contribution < 1.29 is 14.1 Å². The molecule has 0 aliphatic carbocycles. The van der Waals surface area contributed by atoms with Crippen LogP contribution >= 0.6 is 19.4 Å². The molecule has 0 fully saturated rings. The third kappa shape index (κ3) is 8.72. The van der Waals surface area contributed by atoms with Crippen LogP contribution in [0.15, 0.2) is 0 Å². The Morgan fingerprint density at radius 1 is 1.40 bits per heavy atom. The SMILES string of the molecule is CC(C)(C)PSOB(O)O. The second-order valence-electron chi connectivity index (χ2n) is 2.86. The van der Waals surface area contributed by atoms with E-state index in [1.54, 1.807) is 0 Å². The maximum Gasteiger partial charge on any atom is 0.645 e. The molecule has 0 aromatic rings. The molecule has 0 saturated heterocycles. The lowest BCUT2D eigenvalue weighted by molar-refractivity contribution is 0.309. The van der Waals surface area contributed by atoms with E-state index in [0.29, 0.717) is 7.78 Å². The van der Waals surface area contributed by atoms with Crippen molar-refractivity contribution >= 4 is 26.8 Å². The van der Waals surface area contributed by atoms with Crippen molar-refractivity contribution in [1.82, 2.24) is 0 Å². The van der Waals surface area contributed by atoms with Gasteiger partial charge in [0.1, 0.15) is 0 Å². The van der Waals surface area contributed by atoms with Crippen molar-refractivity contribution in [3.05, 3.63) is 0 Å². The molecule has 0 bridgehead atoms. The second-order valence-corrected chi connectivity index (χ2v) is 6.03.